The quantitative estimate of drug-likeness (QED) is 0.801. The minimum Gasteiger partial charge on any atom is -0.341 e. The lowest BCUT2D eigenvalue weighted by Crippen LogP contribution is -2.04. The van der Waals surface area contributed by atoms with Crippen LogP contribution in [0.25, 0.3) is 0 Å². The second-order valence-electron chi connectivity index (χ2n) is 5.15. The van der Waals surface area contributed by atoms with Gasteiger partial charge in [-0.1, -0.05) is 18.2 Å². The van der Waals surface area contributed by atoms with E-state index < -0.39 is 0 Å². The van der Waals surface area contributed by atoms with Crippen molar-refractivity contribution in [2.24, 2.45) is 0 Å². The van der Waals surface area contributed by atoms with Crippen molar-refractivity contribution in [1.82, 2.24) is 10.2 Å². The Labute approximate surface area is 113 Å². The predicted molar refractivity (Wildman–Crippen MR) is 78.8 cm³/mol. The summed E-state index contributed by atoms with van der Waals surface area (Å²) in [5, 5.41) is 10.2. The number of nitrogens with zero attached hydrogens (tertiary/aromatic N) is 1. The maximum atomic E-state index is 3.95. The highest BCUT2D eigenvalue weighted by atomic mass is 15.2. The Kier molecular flexibility index (Phi) is 3.36. The van der Waals surface area contributed by atoms with Gasteiger partial charge in [-0.3, -0.25) is 5.10 Å². The number of benzene rings is 1. The zero-order valence-corrected chi connectivity index (χ0v) is 11.2. The molecule has 98 valence electrons. The molecule has 0 amide bonds. The lowest BCUT2D eigenvalue weighted by molar-refractivity contribution is 0.614. The third kappa shape index (κ3) is 2.70. The van der Waals surface area contributed by atoms with Gasteiger partial charge in [0.25, 0.3) is 0 Å². The van der Waals surface area contributed by atoms with Crippen LogP contribution in [0.2, 0.25) is 0 Å². The number of aryl methyl sites for hydroxylation is 1. The molecular formula is C16H19N3. The van der Waals surface area contributed by atoms with E-state index in [0.29, 0.717) is 5.92 Å². The molecule has 0 radical (unpaired) electrons. The molecule has 1 aliphatic carbocycles. The summed E-state index contributed by atoms with van der Waals surface area (Å²) < 4.78 is 0. The number of anilines is 2. The van der Waals surface area contributed by atoms with Crippen molar-refractivity contribution in [3.05, 3.63) is 53.7 Å². The van der Waals surface area contributed by atoms with E-state index in [1.54, 1.807) is 6.20 Å². The molecule has 0 fully saturated rings. The Morgan fingerprint density at radius 3 is 2.95 bits per heavy atom. The van der Waals surface area contributed by atoms with Crippen LogP contribution in [-0.4, -0.2) is 10.2 Å². The lowest BCUT2D eigenvalue weighted by Gasteiger charge is -2.21. The summed E-state index contributed by atoms with van der Waals surface area (Å²) in [6.07, 6.45) is 9.96. The molecule has 1 unspecified atom stereocenters. The van der Waals surface area contributed by atoms with E-state index >= 15 is 0 Å². The SMILES string of the molecule is Cc1ccc(Nc2ccn[nH]2)cc1C1CC=CCC1. The van der Waals surface area contributed by atoms with Gasteiger partial charge >= 0.3 is 0 Å². The van der Waals surface area contributed by atoms with Crippen molar-refractivity contribution in [3.8, 4) is 0 Å². The second kappa shape index (κ2) is 5.31. The molecule has 2 N–H and O–H groups in total. The van der Waals surface area contributed by atoms with Crippen LogP contribution in [0.1, 0.15) is 36.3 Å². The van der Waals surface area contributed by atoms with Gasteiger partial charge in [-0.25, -0.2) is 0 Å². The van der Waals surface area contributed by atoms with Crippen molar-refractivity contribution in [1.29, 1.82) is 0 Å². The van der Waals surface area contributed by atoms with Crippen LogP contribution in [0.15, 0.2) is 42.6 Å². The van der Waals surface area contributed by atoms with Crippen molar-refractivity contribution in [2.45, 2.75) is 32.1 Å². The predicted octanol–water partition coefficient (Wildman–Crippen LogP) is 4.29. The fourth-order valence-corrected chi connectivity index (χ4v) is 2.72. The van der Waals surface area contributed by atoms with E-state index in [4.69, 9.17) is 0 Å². The molecule has 1 atom stereocenters. The van der Waals surface area contributed by atoms with Crippen LogP contribution in [0, 0.1) is 6.92 Å². The molecule has 2 aromatic rings. The van der Waals surface area contributed by atoms with Gasteiger partial charge in [0.2, 0.25) is 0 Å². The minimum atomic E-state index is 0.661. The highest BCUT2D eigenvalue weighted by molar-refractivity contribution is 5.58. The van der Waals surface area contributed by atoms with Crippen LogP contribution in [0.3, 0.4) is 0 Å². The highest BCUT2D eigenvalue weighted by Crippen LogP contribution is 2.33. The average Bonchev–Trinajstić information content (AvgIpc) is 2.95. The van der Waals surface area contributed by atoms with E-state index in [1.807, 2.05) is 6.07 Å². The first-order valence-corrected chi connectivity index (χ1v) is 6.85. The third-order valence-electron chi connectivity index (χ3n) is 3.77. The van der Waals surface area contributed by atoms with Crippen LogP contribution in [0.5, 0.6) is 0 Å². The summed E-state index contributed by atoms with van der Waals surface area (Å²) in [4.78, 5) is 0. The van der Waals surface area contributed by atoms with Gasteiger partial charge in [-0.15, -0.1) is 0 Å². The summed E-state index contributed by atoms with van der Waals surface area (Å²) in [6, 6.07) is 8.54. The van der Waals surface area contributed by atoms with Crippen molar-refractivity contribution < 1.29 is 0 Å². The summed E-state index contributed by atoms with van der Waals surface area (Å²) in [5.41, 5.74) is 3.98. The van der Waals surface area contributed by atoms with Gasteiger partial charge in [0.15, 0.2) is 0 Å². The number of hydrogen-bond acceptors (Lipinski definition) is 2. The summed E-state index contributed by atoms with van der Waals surface area (Å²) >= 11 is 0. The topological polar surface area (TPSA) is 40.7 Å². The number of aromatic amines is 1. The number of hydrogen-bond donors (Lipinski definition) is 2. The van der Waals surface area contributed by atoms with Crippen LogP contribution in [0.4, 0.5) is 11.5 Å². The molecule has 1 aromatic carbocycles. The standard InChI is InChI=1S/C16H19N3/c1-12-7-8-14(18-16-9-10-17-19-16)11-15(12)13-5-3-2-4-6-13/h2-3,7-11,13H,4-6H2,1H3,(H2,17,18,19). The first kappa shape index (κ1) is 12.0. The molecule has 3 nitrogen and oxygen atoms in total. The molecule has 0 bridgehead atoms. The molecule has 3 heteroatoms. The van der Waals surface area contributed by atoms with Gasteiger partial charge in [0.1, 0.15) is 5.82 Å². The zero-order chi connectivity index (χ0) is 13.1. The number of H-pyrrole nitrogens is 1. The smallest absolute Gasteiger partial charge is 0.125 e. The first-order valence-electron chi connectivity index (χ1n) is 6.85. The van der Waals surface area contributed by atoms with E-state index in [1.165, 1.54) is 24.0 Å². The zero-order valence-electron chi connectivity index (χ0n) is 11.2. The van der Waals surface area contributed by atoms with E-state index in [2.05, 4.69) is 52.8 Å². The Morgan fingerprint density at radius 1 is 1.26 bits per heavy atom. The minimum absolute atomic E-state index is 0.661. The Bertz CT molecular complexity index is 570. The van der Waals surface area contributed by atoms with E-state index in [9.17, 15) is 0 Å². The van der Waals surface area contributed by atoms with Crippen molar-refractivity contribution in [2.75, 3.05) is 5.32 Å². The molecule has 3 rings (SSSR count). The fourth-order valence-electron chi connectivity index (χ4n) is 2.72. The number of allylic oxidation sites excluding steroid dienone is 2. The van der Waals surface area contributed by atoms with E-state index in [-0.39, 0.29) is 0 Å². The maximum Gasteiger partial charge on any atom is 0.125 e. The number of aromatic nitrogens is 2. The molecule has 0 saturated carbocycles. The van der Waals surface area contributed by atoms with Crippen LogP contribution < -0.4 is 5.32 Å². The molecular weight excluding hydrogens is 234 g/mol. The largest absolute Gasteiger partial charge is 0.341 e. The first-order chi connectivity index (χ1) is 9.33. The third-order valence-corrected chi connectivity index (χ3v) is 3.77. The highest BCUT2D eigenvalue weighted by Gasteiger charge is 2.15. The normalized spacial score (nSPS) is 18.5. The molecule has 1 aromatic heterocycles. The van der Waals surface area contributed by atoms with E-state index in [0.717, 1.165) is 17.9 Å². The average molecular weight is 253 g/mol. The van der Waals surface area contributed by atoms with Gasteiger partial charge < -0.3 is 5.32 Å². The molecule has 1 heterocycles. The van der Waals surface area contributed by atoms with Gasteiger partial charge in [0, 0.05) is 11.8 Å². The Hall–Kier alpha value is -2.03. The number of nitrogens with one attached hydrogen (secondary N) is 2. The van der Waals surface area contributed by atoms with Crippen molar-refractivity contribution >= 4 is 11.5 Å². The maximum absolute atomic E-state index is 3.95. The van der Waals surface area contributed by atoms with Crippen LogP contribution in [-0.2, 0) is 0 Å². The van der Waals surface area contributed by atoms with Crippen molar-refractivity contribution in [3.63, 3.8) is 0 Å². The summed E-state index contributed by atoms with van der Waals surface area (Å²) in [6.45, 7) is 2.20. The summed E-state index contributed by atoms with van der Waals surface area (Å²) in [5.74, 6) is 1.59. The molecule has 0 aliphatic heterocycles. The molecule has 19 heavy (non-hydrogen) atoms. The Morgan fingerprint density at radius 2 is 2.21 bits per heavy atom. The van der Waals surface area contributed by atoms with Gasteiger partial charge in [0.05, 0.1) is 6.20 Å². The Balaban J connectivity index is 1.85. The van der Waals surface area contributed by atoms with Crippen LogP contribution >= 0.6 is 0 Å². The number of rotatable bonds is 3. The van der Waals surface area contributed by atoms with Gasteiger partial charge in [-0.2, -0.15) is 5.10 Å². The molecule has 0 saturated heterocycles. The lowest BCUT2D eigenvalue weighted by atomic mass is 9.85. The fraction of sp³-hybridized carbons (Fsp3) is 0.312. The second-order valence-corrected chi connectivity index (χ2v) is 5.15. The van der Waals surface area contributed by atoms with Gasteiger partial charge in [-0.05, 0) is 55.4 Å². The molecule has 0 spiro atoms. The molecule has 1 aliphatic rings. The summed E-state index contributed by atoms with van der Waals surface area (Å²) in [7, 11) is 0. The monoisotopic (exact) mass is 253 g/mol.